The Bertz CT molecular complexity index is 499. The summed E-state index contributed by atoms with van der Waals surface area (Å²) in [6, 6.07) is 0. The maximum atomic E-state index is 11.7. The lowest BCUT2D eigenvalue weighted by atomic mass is 9.56. The van der Waals surface area contributed by atoms with Crippen molar-refractivity contribution in [3.05, 3.63) is 0 Å². The Balaban J connectivity index is 2.53. The van der Waals surface area contributed by atoms with E-state index < -0.39 is 23.0 Å². The van der Waals surface area contributed by atoms with Crippen molar-refractivity contribution in [3.8, 4) is 0 Å². The van der Waals surface area contributed by atoms with E-state index in [4.69, 9.17) is 4.74 Å². The molecular weight excluding hydrogens is 284 g/mol. The number of fused-ring (bicyclic) bond motifs is 1. The van der Waals surface area contributed by atoms with Crippen molar-refractivity contribution in [2.75, 3.05) is 0 Å². The largest absolute Gasteiger partial charge is 0.462 e. The second-order valence-corrected chi connectivity index (χ2v) is 7.98. The number of hydrogen-bond acceptors (Lipinski definition) is 5. The van der Waals surface area contributed by atoms with Crippen LogP contribution in [0.25, 0.3) is 0 Å². The number of carbonyl (C=O) groups is 3. The molecule has 1 N–H and O–H groups in total. The molecule has 0 unspecified atom stereocenters. The van der Waals surface area contributed by atoms with Crippen LogP contribution >= 0.6 is 0 Å². The molecular formula is C17H26O5. The van der Waals surface area contributed by atoms with Gasteiger partial charge in [0.25, 0.3) is 0 Å². The number of ether oxygens (including phenoxy) is 1. The van der Waals surface area contributed by atoms with Crippen molar-refractivity contribution in [2.45, 2.75) is 59.2 Å². The van der Waals surface area contributed by atoms with Crippen LogP contribution in [0.15, 0.2) is 0 Å². The molecule has 2 saturated carbocycles. The molecule has 2 aliphatic rings. The number of esters is 1. The molecule has 0 aromatic carbocycles. The van der Waals surface area contributed by atoms with Crippen LogP contribution in [0.3, 0.4) is 0 Å². The van der Waals surface area contributed by atoms with Crippen LogP contribution in [0.2, 0.25) is 0 Å². The average molecular weight is 310 g/mol. The summed E-state index contributed by atoms with van der Waals surface area (Å²) in [5.74, 6) is -1.71. The van der Waals surface area contributed by atoms with Gasteiger partial charge in [-0.25, -0.2) is 0 Å². The van der Waals surface area contributed by atoms with Crippen LogP contribution < -0.4 is 0 Å². The van der Waals surface area contributed by atoms with Gasteiger partial charge in [0.15, 0.2) is 0 Å². The van der Waals surface area contributed by atoms with E-state index in [-0.39, 0.29) is 23.2 Å². The van der Waals surface area contributed by atoms with E-state index in [0.717, 1.165) is 12.6 Å². The van der Waals surface area contributed by atoms with E-state index >= 15 is 0 Å². The van der Waals surface area contributed by atoms with Crippen LogP contribution in [0.1, 0.15) is 47.5 Å². The highest BCUT2D eigenvalue weighted by Crippen LogP contribution is 2.65. The minimum absolute atomic E-state index is 0.272. The van der Waals surface area contributed by atoms with Gasteiger partial charge in [-0.15, -0.1) is 0 Å². The van der Waals surface area contributed by atoms with E-state index in [1.807, 2.05) is 13.8 Å². The fourth-order valence-corrected chi connectivity index (χ4v) is 5.13. The van der Waals surface area contributed by atoms with Crippen molar-refractivity contribution in [2.24, 2.45) is 28.6 Å². The zero-order chi connectivity index (χ0) is 16.9. The molecule has 0 spiro atoms. The van der Waals surface area contributed by atoms with Crippen molar-refractivity contribution in [1.82, 2.24) is 0 Å². The maximum absolute atomic E-state index is 11.7. The molecule has 0 aromatic rings. The van der Waals surface area contributed by atoms with Gasteiger partial charge in [-0.05, 0) is 24.2 Å². The third-order valence-corrected chi connectivity index (χ3v) is 6.07. The van der Waals surface area contributed by atoms with Gasteiger partial charge in [-0.2, -0.15) is 0 Å². The highest BCUT2D eigenvalue weighted by atomic mass is 16.5. The number of carbonyl (C=O) groups excluding carboxylic acids is 3. The molecule has 2 rings (SSSR count). The molecule has 5 nitrogen and oxygen atoms in total. The summed E-state index contributed by atoms with van der Waals surface area (Å²) in [5.41, 5.74) is -2.68. The molecule has 124 valence electrons. The zero-order valence-electron chi connectivity index (χ0n) is 14.0. The lowest BCUT2D eigenvalue weighted by Gasteiger charge is -2.52. The first kappa shape index (κ1) is 17.1. The highest BCUT2D eigenvalue weighted by Gasteiger charge is 2.70. The summed E-state index contributed by atoms with van der Waals surface area (Å²) in [6.45, 7) is 8.88. The van der Waals surface area contributed by atoms with Crippen LogP contribution in [-0.2, 0) is 19.1 Å². The van der Waals surface area contributed by atoms with E-state index in [0.29, 0.717) is 12.8 Å². The number of rotatable bonds is 3. The third-order valence-electron chi connectivity index (χ3n) is 6.07. The molecule has 0 aromatic heterocycles. The predicted molar refractivity (Wildman–Crippen MR) is 79.9 cm³/mol. The maximum Gasteiger partial charge on any atom is 0.302 e. The van der Waals surface area contributed by atoms with E-state index in [9.17, 15) is 19.5 Å². The topological polar surface area (TPSA) is 80.7 Å². The van der Waals surface area contributed by atoms with Crippen LogP contribution in [0.4, 0.5) is 0 Å². The van der Waals surface area contributed by atoms with E-state index in [1.54, 1.807) is 13.8 Å². The molecule has 0 bridgehead atoms. The first-order valence-electron chi connectivity index (χ1n) is 7.84. The van der Waals surface area contributed by atoms with E-state index in [2.05, 4.69) is 0 Å². The van der Waals surface area contributed by atoms with Crippen LogP contribution in [0, 0.1) is 28.6 Å². The standard InChI is InChI=1S/C17H26O5/c1-10-12(7-18)17(21)14(6-13(10)22-11(2)20)15(3,4)8-16(17,5)9-19/h7,9-10,12-14,21H,6,8H2,1-5H3/t10-,12-,13+,14-,16+,17+/m0/s1. The van der Waals surface area contributed by atoms with Crippen molar-refractivity contribution < 1.29 is 24.2 Å². The van der Waals surface area contributed by atoms with Gasteiger partial charge < -0.3 is 19.4 Å². The lowest BCUT2D eigenvalue weighted by Crippen LogP contribution is -2.62. The monoisotopic (exact) mass is 310 g/mol. The molecule has 0 heterocycles. The highest BCUT2D eigenvalue weighted by molar-refractivity contribution is 5.69. The third kappa shape index (κ3) is 2.13. The first-order chi connectivity index (χ1) is 10.0. The fraction of sp³-hybridized carbons (Fsp3) is 0.824. The summed E-state index contributed by atoms with van der Waals surface area (Å²) < 4.78 is 5.39. The Labute approximate surface area is 131 Å². The minimum Gasteiger partial charge on any atom is -0.462 e. The molecule has 2 aliphatic carbocycles. The zero-order valence-corrected chi connectivity index (χ0v) is 14.0. The average Bonchev–Trinajstić information content (AvgIpc) is 2.55. The lowest BCUT2D eigenvalue weighted by molar-refractivity contribution is -0.197. The van der Waals surface area contributed by atoms with E-state index in [1.165, 1.54) is 6.92 Å². The fourth-order valence-electron chi connectivity index (χ4n) is 5.13. The Morgan fingerprint density at radius 2 is 1.86 bits per heavy atom. The molecule has 0 saturated heterocycles. The second kappa shape index (κ2) is 5.15. The first-order valence-corrected chi connectivity index (χ1v) is 7.84. The molecule has 6 atom stereocenters. The quantitative estimate of drug-likeness (QED) is 0.634. The van der Waals surface area contributed by atoms with Gasteiger partial charge >= 0.3 is 5.97 Å². The summed E-state index contributed by atoms with van der Waals surface area (Å²) in [5, 5.41) is 11.4. The predicted octanol–water partition coefficient (Wildman–Crippen LogP) is 1.76. The number of aliphatic hydroxyl groups is 1. The Kier molecular flexibility index (Phi) is 4.01. The normalized spacial score (nSPS) is 46.6. The SMILES string of the molecule is CC(=O)O[C@@H]1C[C@H]2C(C)(C)C[C@](C)(C=O)[C@@]2(O)[C@@H](C=O)[C@@H]1C. The second-order valence-electron chi connectivity index (χ2n) is 7.98. The van der Waals surface area contributed by atoms with Gasteiger partial charge in [0.1, 0.15) is 18.7 Å². The molecule has 22 heavy (non-hydrogen) atoms. The van der Waals surface area contributed by atoms with Gasteiger partial charge in [0.05, 0.1) is 16.9 Å². The summed E-state index contributed by atoms with van der Waals surface area (Å²) in [4.78, 5) is 34.8. The van der Waals surface area contributed by atoms with Gasteiger partial charge in [-0.3, -0.25) is 4.79 Å². The molecule has 0 radical (unpaired) electrons. The minimum atomic E-state index is -1.39. The summed E-state index contributed by atoms with van der Waals surface area (Å²) >= 11 is 0. The van der Waals surface area contributed by atoms with Crippen molar-refractivity contribution in [3.63, 3.8) is 0 Å². The smallest absolute Gasteiger partial charge is 0.302 e. The Hall–Kier alpha value is -1.23. The van der Waals surface area contributed by atoms with Gasteiger partial charge in [0, 0.05) is 12.8 Å². The summed E-state index contributed by atoms with van der Waals surface area (Å²) in [7, 11) is 0. The molecule has 0 amide bonds. The molecule has 5 heteroatoms. The Morgan fingerprint density at radius 3 is 2.32 bits per heavy atom. The molecule has 2 fully saturated rings. The number of aldehydes is 2. The Morgan fingerprint density at radius 1 is 1.27 bits per heavy atom. The van der Waals surface area contributed by atoms with Gasteiger partial charge in [0.2, 0.25) is 0 Å². The molecule has 0 aliphatic heterocycles. The van der Waals surface area contributed by atoms with Crippen molar-refractivity contribution >= 4 is 18.5 Å². The summed E-state index contributed by atoms with van der Waals surface area (Å²) in [6.07, 6.45) is 2.10. The number of hydrogen-bond donors (Lipinski definition) is 1. The van der Waals surface area contributed by atoms with Crippen LogP contribution in [-0.4, -0.2) is 35.4 Å². The van der Waals surface area contributed by atoms with Gasteiger partial charge in [-0.1, -0.05) is 27.7 Å². The van der Waals surface area contributed by atoms with Crippen molar-refractivity contribution in [1.29, 1.82) is 0 Å². The van der Waals surface area contributed by atoms with Crippen LogP contribution in [0.5, 0.6) is 0 Å².